The summed E-state index contributed by atoms with van der Waals surface area (Å²) in [6, 6.07) is 7.21. The third-order valence-corrected chi connectivity index (χ3v) is 4.36. The van der Waals surface area contributed by atoms with Gasteiger partial charge in [0.1, 0.15) is 0 Å². The van der Waals surface area contributed by atoms with Crippen LogP contribution in [0.25, 0.3) is 0 Å². The number of halogens is 3. The molecular formula is C17H21F3N2O3. The molecule has 0 saturated carbocycles. The molecule has 1 amide bonds. The number of amides is 1. The number of rotatable bonds is 5. The summed E-state index contributed by atoms with van der Waals surface area (Å²) in [5, 5.41) is 11.6. The number of carboxylic acids is 1. The predicted octanol–water partition coefficient (Wildman–Crippen LogP) is 2.94. The van der Waals surface area contributed by atoms with Crippen LogP contribution in [-0.4, -0.2) is 47.7 Å². The topological polar surface area (TPSA) is 69.6 Å². The van der Waals surface area contributed by atoms with Gasteiger partial charge in [-0.25, -0.2) is 0 Å². The first-order valence-corrected chi connectivity index (χ1v) is 7.99. The fraction of sp³-hybridized carbons (Fsp3) is 0.529. The molecule has 8 heteroatoms. The third-order valence-electron chi connectivity index (χ3n) is 4.36. The minimum absolute atomic E-state index is 0.276. The number of carbonyl (C=O) groups is 2. The average Bonchev–Trinajstić information content (AvgIpc) is 2.92. The van der Waals surface area contributed by atoms with Gasteiger partial charge in [-0.05, 0) is 23.6 Å². The summed E-state index contributed by atoms with van der Waals surface area (Å²) in [5.41, 5.74) is 1.66. The fourth-order valence-electron chi connectivity index (χ4n) is 2.95. The Morgan fingerprint density at radius 3 is 2.28 bits per heavy atom. The lowest BCUT2D eigenvalue weighted by Gasteiger charge is -2.18. The molecule has 1 aliphatic rings. The van der Waals surface area contributed by atoms with E-state index in [1.807, 2.05) is 26.0 Å². The molecular weight excluding hydrogens is 337 g/mol. The SMILES string of the molecule is CC(C)c1ccc(NC(=O)CN2C[C@@H](C(F)(F)F)[C@H](C(=O)O)C2)cc1. The summed E-state index contributed by atoms with van der Waals surface area (Å²) in [6.07, 6.45) is -4.60. The molecule has 1 fully saturated rings. The molecule has 1 aromatic rings. The molecule has 25 heavy (non-hydrogen) atoms. The van der Waals surface area contributed by atoms with Gasteiger partial charge in [0, 0.05) is 18.8 Å². The largest absolute Gasteiger partial charge is 0.481 e. The first-order valence-electron chi connectivity index (χ1n) is 7.99. The Balaban J connectivity index is 1.95. The molecule has 0 bridgehead atoms. The Hall–Kier alpha value is -2.09. The summed E-state index contributed by atoms with van der Waals surface area (Å²) >= 11 is 0. The summed E-state index contributed by atoms with van der Waals surface area (Å²) in [7, 11) is 0. The molecule has 1 aromatic carbocycles. The van der Waals surface area contributed by atoms with E-state index in [2.05, 4.69) is 5.32 Å². The maximum atomic E-state index is 12.9. The minimum atomic E-state index is -4.60. The number of hydrogen-bond acceptors (Lipinski definition) is 3. The number of carbonyl (C=O) groups excluding carboxylic acids is 1. The van der Waals surface area contributed by atoms with Crippen molar-refractivity contribution in [2.45, 2.75) is 25.9 Å². The Labute approximate surface area is 143 Å². The molecule has 2 N–H and O–H groups in total. The van der Waals surface area contributed by atoms with Crippen molar-refractivity contribution < 1.29 is 27.9 Å². The Morgan fingerprint density at radius 1 is 1.24 bits per heavy atom. The van der Waals surface area contributed by atoms with Gasteiger partial charge in [-0.3, -0.25) is 14.5 Å². The van der Waals surface area contributed by atoms with Gasteiger partial charge in [-0.15, -0.1) is 0 Å². The summed E-state index contributed by atoms with van der Waals surface area (Å²) < 4.78 is 38.8. The number of alkyl halides is 3. The van der Waals surface area contributed by atoms with Crippen LogP contribution in [0.4, 0.5) is 18.9 Å². The molecule has 0 spiro atoms. The quantitative estimate of drug-likeness (QED) is 0.849. The van der Waals surface area contributed by atoms with E-state index in [1.54, 1.807) is 12.1 Å². The van der Waals surface area contributed by atoms with E-state index in [0.29, 0.717) is 11.6 Å². The zero-order valence-electron chi connectivity index (χ0n) is 14.0. The number of carboxylic acid groups (broad SMARTS) is 1. The highest BCUT2D eigenvalue weighted by atomic mass is 19.4. The van der Waals surface area contributed by atoms with E-state index in [-0.39, 0.29) is 13.1 Å². The van der Waals surface area contributed by atoms with Crippen molar-refractivity contribution in [3.05, 3.63) is 29.8 Å². The molecule has 138 valence electrons. The zero-order valence-corrected chi connectivity index (χ0v) is 14.0. The van der Waals surface area contributed by atoms with E-state index < -0.39 is 36.4 Å². The van der Waals surface area contributed by atoms with Crippen molar-refractivity contribution in [2.24, 2.45) is 11.8 Å². The van der Waals surface area contributed by atoms with Crippen LogP contribution in [0.5, 0.6) is 0 Å². The number of hydrogen-bond donors (Lipinski definition) is 2. The van der Waals surface area contributed by atoms with Crippen molar-refractivity contribution >= 4 is 17.6 Å². The molecule has 0 radical (unpaired) electrons. The number of nitrogens with zero attached hydrogens (tertiary/aromatic N) is 1. The van der Waals surface area contributed by atoms with Crippen LogP contribution in [-0.2, 0) is 9.59 Å². The van der Waals surface area contributed by atoms with Crippen LogP contribution in [0.15, 0.2) is 24.3 Å². The van der Waals surface area contributed by atoms with Crippen molar-refractivity contribution in [3.63, 3.8) is 0 Å². The molecule has 1 heterocycles. The number of nitrogens with one attached hydrogen (secondary N) is 1. The van der Waals surface area contributed by atoms with Crippen molar-refractivity contribution in [3.8, 4) is 0 Å². The highest BCUT2D eigenvalue weighted by Crippen LogP contribution is 2.37. The van der Waals surface area contributed by atoms with Gasteiger partial charge in [0.25, 0.3) is 0 Å². The van der Waals surface area contributed by atoms with Crippen LogP contribution in [0.1, 0.15) is 25.3 Å². The molecule has 0 aromatic heterocycles. The maximum Gasteiger partial charge on any atom is 0.393 e. The molecule has 2 rings (SSSR count). The first-order chi connectivity index (χ1) is 11.6. The second kappa shape index (κ2) is 7.43. The van der Waals surface area contributed by atoms with Crippen LogP contribution in [0.3, 0.4) is 0 Å². The van der Waals surface area contributed by atoms with Crippen LogP contribution in [0, 0.1) is 11.8 Å². The standard InChI is InChI=1S/C17H21F3N2O3/c1-10(2)11-3-5-12(6-4-11)21-15(23)9-22-7-13(16(24)25)14(8-22)17(18,19)20/h3-6,10,13-14H,7-9H2,1-2H3,(H,21,23)(H,24,25)/t13-,14-/m1/s1. The van der Waals surface area contributed by atoms with Gasteiger partial charge in [-0.1, -0.05) is 26.0 Å². The van der Waals surface area contributed by atoms with E-state index in [1.165, 1.54) is 4.90 Å². The molecule has 0 unspecified atom stereocenters. The van der Waals surface area contributed by atoms with Gasteiger partial charge in [0.05, 0.1) is 18.4 Å². The summed E-state index contributed by atoms with van der Waals surface area (Å²) in [4.78, 5) is 24.3. The zero-order chi connectivity index (χ0) is 18.8. The summed E-state index contributed by atoms with van der Waals surface area (Å²) in [5.74, 6) is -5.11. The van der Waals surface area contributed by atoms with Crippen LogP contribution >= 0.6 is 0 Å². The van der Waals surface area contributed by atoms with E-state index >= 15 is 0 Å². The Kier molecular flexibility index (Phi) is 5.72. The molecule has 2 atom stereocenters. The predicted molar refractivity (Wildman–Crippen MR) is 86.3 cm³/mol. The first kappa shape index (κ1) is 19.2. The molecule has 5 nitrogen and oxygen atoms in total. The monoisotopic (exact) mass is 358 g/mol. The molecule has 0 aliphatic carbocycles. The smallest absolute Gasteiger partial charge is 0.393 e. The Bertz CT molecular complexity index is 629. The highest BCUT2D eigenvalue weighted by molar-refractivity contribution is 5.92. The normalized spacial score (nSPS) is 21.5. The van der Waals surface area contributed by atoms with E-state index in [0.717, 1.165) is 5.56 Å². The number of likely N-dealkylation sites (tertiary alicyclic amines) is 1. The molecule has 1 aliphatic heterocycles. The number of anilines is 1. The maximum absolute atomic E-state index is 12.9. The fourth-order valence-corrected chi connectivity index (χ4v) is 2.95. The number of benzene rings is 1. The van der Waals surface area contributed by atoms with Gasteiger partial charge >= 0.3 is 12.1 Å². The summed E-state index contributed by atoms with van der Waals surface area (Å²) in [6.45, 7) is 3.02. The number of aliphatic carboxylic acids is 1. The molecule has 1 saturated heterocycles. The lowest BCUT2D eigenvalue weighted by Crippen LogP contribution is -2.34. The average molecular weight is 358 g/mol. The third kappa shape index (κ3) is 4.94. The van der Waals surface area contributed by atoms with Crippen LogP contribution < -0.4 is 5.32 Å². The van der Waals surface area contributed by atoms with Crippen molar-refractivity contribution in [1.29, 1.82) is 0 Å². The lowest BCUT2D eigenvalue weighted by atomic mass is 9.96. The minimum Gasteiger partial charge on any atom is -0.481 e. The van der Waals surface area contributed by atoms with Crippen molar-refractivity contribution in [2.75, 3.05) is 25.0 Å². The Morgan fingerprint density at radius 2 is 1.84 bits per heavy atom. The van der Waals surface area contributed by atoms with Gasteiger partial charge in [0.15, 0.2) is 0 Å². The van der Waals surface area contributed by atoms with Gasteiger partial charge in [0.2, 0.25) is 5.91 Å². The van der Waals surface area contributed by atoms with Crippen molar-refractivity contribution in [1.82, 2.24) is 4.90 Å². The second-order valence-corrected chi connectivity index (χ2v) is 6.61. The van der Waals surface area contributed by atoms with E-state index in [4.69, 9.17) is 5.11 Å². The van der Waals surface area contributed by atoms with Gasteiger partial charge < -0.3 is 10.4 Å². The van der Waals surface area contributed by atoms with E-state index in [9.17, 15) is 22.8 Å². The van der Waals surface area contributed by atoms with Crippen LogP contribution in [0.2, 0.25) is 0 Å². The second-order valence-electron chi connectivity index (χ2n) is 6.61. The lowest BCUT2D eigenvalue weighted by molar-refractivity contribution is -0.188. The van der Waals surface area contributed by atoms with Gasteiger partial charge in [-0.2, -0.15) is 13.2 Å². The highest BCUT2D eigenvalue weighted by Gasteiger charge is 2.52.